The van der Waals surface area contributed by atoms with Crippen LogP contribution in [0.5, 0.6) is 0 Å². The van der Waals surface area contributed by atoms with E-state index in [4.69, 9.17) is 0 Å². The monoisotopic (exact) mass is 475 g/mol. The Balaban J connectivity index is 1.58. The molecule has 13 heteroatoms. The Morgan fingerprint density at radius 3 is 1.67 bits per heavy atom. The molecule has 0 radical (unpaired) electrons. The molecule has 0 aromatic carbocycles. The fraction of sp³-hybridized carbons (Fsp3) is 0.650. The van der Waals surface area contributed by atoms with Gasteiger partial charge in [-0.1, -0.05) is 0 Å². The Labute approximate surface area is 185 Å². The van der Waals surface area contributed by atoms with Crippen molar-refractivity contribution >= 4 is 11.9 Å². The first-order valence-corrected chi connectivity index (χ1v) is 10.7. The summed E-state index contributed by atoms with van der Waals surface area (Å²) >= 11 is 0. The molecule has 180 valence electrons. The standard InChI is InChI=1S/C20H23F6N7/c21-14(22)13-5-10-27-15(30-13)16-31-17(28-11-1-6-19(23,24)7-2-11)33-18(32-16)29-12-3-8-20(25,26)9-4-12/h5,10-12,14H,1-4,6-9H2,(H2,28,29,31,32,33). The molecule has 2 fully saturated rings. The number of nitrogens with one attached hydrogen (secondary N) is 2. The average Bonchev–Trinajstić information content (AvgIpc) is 2.77. The summed E-state index contributed by atoms with van der Waals surface area (Å²) in [6.45, 7) is 0. The van der Waals surface area contributed by atoms with E-state index in [2.05, 4.69) is 35.6 Å². The van der Waals surface area contributed by atoms with Crippen molar-refractivity contribution in [1.82, 2.24) is 24.9 Å². The molecule has 2 heterocycles. The minimum Gasteiger partial charge on any atom is -0.351 e. The van der Waals surface area contributed by atoms with Crippen LogP contribution >= 0.6 is 0 Å². The van der Waals surface area contributed by atoms with Crippen LogP contribution in [0.25, 0.3) is 11.6 Å². The molecule has 4 rings (SSSR count). The molecule has 33 heavy (non-hydrogen) atoms. The maximum absolute atomic E-state index is 13.5. The number of halogens is 6. The molecule has 0 amide bonds. The Kier molecular flexibility index (Phi) is 6.57. The van der Waals surface area contributed by atoms with Gasteiger partial charge < -0.3 is 10.6 Å². The first-order chi connectivity index (χ1) is 15.6. The van der Waals surface area contributed by atoms with Crippen LogP contribution in [0.2, 0.25) is 0 Å². The van der Waals surface area contributed by atoms with Gasteiger partial charge in [0.1, 0.15) is 5.69 Å². The van der Waals surface area contributed by atoms with Crippen molar-refractivity contribution in [2.24, 2.45) is 0 Å². The van der Waals surface area contributed by atoms with Gasteiger partial charge in [-0.3, -0.25) is 0 Å². The van der Waals surface area contributed by atoms with Crippen LogP contribution in [0.3, 0.4) is 0 Å². The van der Waals surface area contributed by atoms with Gasteiger partial charge in [0.15, 0.2) is 5.82 Å². The first-order valence-electron chi connectivity index (χ1n) is 10.7. The van der Waals surface area contributed by atoms with Gasteiger partial charge in [-0.2, -0.15) is 15.0 Å². The van der Waals surface area contributed by atoms with E-state index < -0.39 is 24.0 Å². The molecule has 2 aromatic rings. The number of hydrogen-bond acceptors (Lipinski definition) is 7. The van der Waals surface area contributed by atoms with Crippen LogP contribution < -0.4 is 10.6 Å². The van der Waals surface area contributed by atoms with Crippen molar-refractivity contribution < 1.29 is 26.3 Å². The van der Waals surface area contributed by atoms with Gasteiger partial charge in [-0.05, 0) is 31.7 Å². The Hall–Kier alpha value is -2.73. The lowest BCUT2D eigenvalue weighted by atomic mass is 9.92. The molecule has 0 bridgehead atoms. The number of hydrogen-bond donors (Lipinski definition) is 2. The van der Waals surface area contributed by atoms with E-state index in [1.54, 1.807) is 0 Å². The topological polar surface area (TPSA) is 88.5 Å². The molecule has 2 saturated carbocycles. The molecule has 2 aliphatic carbocycles. The zero-order valence-electron chi connectivity index (χ0n) is 17.5. The summed E-state index contributed by atoms with van der Waals surface area (Å²) in [6, 6.07) is 0.446. The summed E-state index contributed by atoms with van der Waals surface area (Å²) in [5, 5.41) is 6.00. The van der Waals surface area contributed by atoms with Gasteiger partial charge in [-0.25, -0.2) is 36.3 Å². The van der Waals surface area contributed by atoms with E-state index in [-0.39, 0.29) is 87.0 Å². The molecule has 2 aliphatic rings. The SMILES string of the molecule is FC(F)c1ccnc(-c2nc(NC3CCC(F)(F)CC3)nc(NC3CCC(F)(F)CC3)n2)n1. The van der Waals surface area contributed by atoms with E-state index in [1.165, 1.54) is 0 Å². The number of anilines is 2. The molecule has 0 unspecified atom stereocenters. The number of alkyl halides is 6. The summed E-state index contributed by atoms with van der Waals surface area (Å²) in [6.07, 6.45) is -1.97. The first kappa shape index (κ1) is 23.4. The van der Waals surface area contributed by atoms with E-state index >= 15 is 0 Å². The highest BCUT2D eigenvalue weighted by molar-refractivity contribution is 5.50. The largest absolute Gasteiger partial charge is 0.351 e. The molecule has 0 saturated heterocycles. The average molecular weight is 475 g/mol. The number of nitrogens with zero attached hydrogens (tertiary/aromatic N) is 5. The fourth-order valence-corrected chi connectivity index (χ4v) is 3.94. The van der Waals surface area contributed by atoms with Gasteiger partial charge in [0, 0.05) is 44.0 Å². The third-order valence-corrected chi connectivity index (χ3v) is 5.84. The van der Waals surface area contributed by atoms with Crippen LogP contribution in [0, 0.1) is 0 Å². The highest BCUT2D eigenvalue weighted by Crippen LogP contribution is 2.35. The zero-order valence-corrected chi connectivity index (χ0v) is 17.5. The third-order valence-electron chi connectivity index (χ3n) is 5.84. The lowest BCUT2D eigenvalue weighted by Crippen LogP contribution is -2.33. The molecule has 0 atom stereocenters. The van der Waals surface area contributed by atoms with Crippen molar-refractivity contribution in [3.63, 3.8) is 0 Å². The molecular weight excluding hydrogens is 452 g/mol. The minimum absolute atomic E-state index is 0.0462. The Bertz CT molecular complexity index is 905. The second kappa shape index (κ2) is 9.26. The van der Waals surface area contributed by atoms with Crippen molar-refractivity contribution in [1.29, 1.82) is 0 Å². The Morgan fingerprint density at radius 2 is 1.21 bits per heavy atom. The lowest BCUT2D eigenvalue weighted by molar-refractivity contribution is -0.0366. The van der Waals surface area contributed by atoms with Gasteiger partial charge in [0.05, 0.1) is 0 Å². The lowest BCUT2D eigenvalue weighted by Gasteiger charge is -2.29. The van der Waals surface area contributed by atoms with Crippen LogP contribution in [0.4, 0.5) is 38.2 Å². The van der Waals surface area contributed by atoms with Crippen LogP contribution in [-0.4, -0.2) is 48.8 Å². The third kappa shape index (κ3) is 6.20. The van der Waals surface area contributed by atoms with Crippen LogP contribution in [0.1, 0.15) is 63.5 Å². The van der Waals surface area contributed by atoms with Gasteiger partial charge in [0.2, 0.25) is 29.6 Å². The van der Waals surface area contributed by atoms with Crippen molar-refractivity contribution in [2.45, 2.75) is 81.7 Å². The number of aromatic nitrogens is 5. The predicted octanol–water partition coefficient (Wildman–Crippen LogP) is 5.25. The van der Waals surface area contributed by atoms with Crippen molar-refractivity contribution in [2.75, 3.05) is 10.6 Å². The maximum atomic E-state index is 13.5. The highest BCUT2D eigenvalue weighted by atomic mass is 19.3. The quantitative estimate of drug-likeness (QED) is 0.552. The fourth-order valence-electron chi connectivity index (χ4n) is 3.94. The zero-order chi connectivity index (χ0) is 23.6. The highest BCUT2D eigenvalue weighted by Gasteiger charge is 2.36. The van der Waals surface area contributed by atoms with E-state index in [1.807, 2.05) is 0 Å². The predicted molar refractivity (Wildman–Crippen MR) is 107 cm³/mol. The smallest absolute Gasteiger partial charge is 0.280 e. The van der Waals surface area contributed by atoms with Crippen molar-refractivity contribution in [3.05, 3.63) is 18.0 Å². The molecule has 7 nitrogen and oxygen atoms in total. The van der Waals surface area contributed by atoms with E-state index in [0.717, 1.165) is 12.3 Å². The van der Waals surface area contributed by atoms with Crippen LogP contribution in [0.15, 0.2) is 12.3 Å². The van der Waals surface area contributed by atoms with Gasteiger partial charge >= 0.3 is 0 Å². The molecule has 0 spiro atoms. The second-order valence-corrected chi connectivity index (χ2v) is 8.46. The summed E-state index contributed by atoms with van der Waals surface area (Å²) in [5.74, 6) is -5.58. The molecule has 2 N–H and O–H groups in total. The Morgan fingerprint density at radius 1 is 0.727 bits per heavy atom. The maximum Gasteiger partial charge on any atom is 0.280 e. The molecule has 2 aromatic heterocycles. The number of rotatable bonds is 6. The van der Waals surface area contributed by atoms with Gasteiger partial charge in [-0.15, -0.1) is 0 Å². The van der Waals surface area contributed by atoms with Crippen LogP contribution in [-0.2, 0) is 0 Å². The molecular formula is C20H23F6N7. The van der Waals surface area contributed by atoms with Gasteiger partial charge in [0.25, 0.3) is 6.43 Å². The summed E-state index contributed by atoms with van der Waals surface area (Å²) < 4.78 is 80.0. The molecule has 0 aliphatic heterocycles. The van der Waals surface area contributed by atoms with E-state index in [0.29, 0.717) is 0 Å². The summed E-state index contributed by atoms with van der Waals surface area (Å²) in [4.78, 5) is 20.4. The minimum atomic E-state index is -2.82. The second-order valence-electron chi connectivity index (χ2n) is 8.46. The van der Waals surface area contributed by atoms with Crippen molar-refractivity contribution in [3.8, 4) is 11.6 Å². The summed E-state index contributed by atoms with van der Waals surface area (Å²) in [5.41, 5.74) is -0.506. The summed E-state index contributed by atoms with van der Waals surface area (Å²) in [7, 11) is 0. The van der Waals surface area contributed by atoms with E-state index in [9.17, 15) is 26.3 Å². The normalized spacial score (nSPS) is 21.2.